The number of nitrogens with one attached hydrogen (secondary N) is 2. The van der Waals surface area contributed by atoms with E-state index in [1.165, 1.54) is 0 Å². The van der Waals surface area contributed by atoms with Crippen molar-refractivity contribution >= 4 is 5.91 Å². The maximum atomic E-state index is 11.2. The van der Waals surface area contributed by atoms with E-state index in [1.54, 1.807) is 6.20 Å². The summed E-state index contributed by atoms with van der Waals surface area (Å²) in [5.74, 6) is 0.119. The summed E-state index contributed by atoms with van der Waals surface area (Å²) in [5.41, 5.74) is 0. The first-order valence-corrected chi connectivity index (χ1v) is 5.77. The lowest BCUT2D eigenvalue weighted by molar-refractivity contribution is -0.120. The van der Waals surface area contributed by atoms with Gasteiger partial charge in [-0.25, -0.2) is 0 Å². The van der Waals surface area contributed by atoms with Crippen molar-refractivity contribution in [1.82, 2.24) is 20.4 Å². The van der Waals surface area contributed by atoms with Crippen molar-refractivity contribution in [2.45, 2.75) is 26.3 Å². The van der Waals surface area contributed by atoms with Gasteiger partial charge < -0.3 is 10.6 Å². The van der Waals surface area contributed by atoms with Gasteiger partial charge in [-0.05, 0) is 12.5 Å². The van der Waals surface area contributed by atoms with Crippen molar-refractivity contribution in [3.05, 3.63) is 18.5 Å². The molecule has 0 radical (unpaired) electrons. The van der Waals surface area contributed by atoms with Crippen LogP contribution >= 0.6 is 0 Å². The highest BCUT2D eigenvalue weighted by Gasteiger charge is 1.98. The minimum atomic E-state index is 0.119. The molecule has 0 saturated heterocycles. The van der Waals surface area contributed by atoms with E-state index in [2.05, 4.69) is 15.7 Å². The number of aromatic nitrogens is 2. The van der Waals surface area contributed by atoms with Gasteiger partial charge in [0.2, 0.25) is 5.91 Å². The summed E-state index contributed by atoms with van der Waals surface area (Å²) in [6.45, 7) is 5.21. The van der Waals surface area contributed by atoms with Crippen LogP contribution in [0.4, 0.5) is 0 Å². The van der Waals surface area contributed by atoms with Gasteiger partial charge in [-0.15, -0.1) is 0 Å². The zero-order valence-corrected chi connectivity index (χ0v) is 9.78. The van der Waals surface area contributed by atoms with Crippen molar-refractivity contribution in [2.24, 2.45) is 0 Å². The number of hydrogen-bond donors (Lipinski definition) is 2. The second-order valence-corrected chi connectivity index (χ2v) is 3.62. The average molecular weight is 224 g/mol. The number of hydrogen-bond acceptors (Lipinski definition) is 3. The highest BCUT2D eigenvalue weighted by Crippen LogP contribution is 1.83. The number of carbonyl (C=O) groups is 1. The van der Waals surface area contributed by atoms with Gasteiger partial charge >= 0.3 is 0 Å². The third-order valence-corrected chi connectivity index (χ3v) is 2.18. The summed E-state index contributed by atoms with van der Waals surface area (Å²) >= 11 is 0. The van der Waals surface area contributed by atoms with E-state index in [0.29, 0.717) is 6.42 Å². The van der Waals surface area contributed by atoms with Crippen LogP contribution in [0.15, 0.2) is 18.5 Å². The van der Waals surface area contributed by atoms with Crippen LogP contribution in [0.2, 0.25) is 0 Å². The van der Waals surface area contributed by atoms with Gasteiger partial charge in [-0.1, -0.05) is 6.92 Å². The van der Waals surface area contributed by atoms with Gasteiger partial charge in [0.1, 0.15) is 0 Å². The fraction of sp³-hybridized carbons (Fsp3) is 0.636. The van der Waals surface area contributed by atoms with Gasteiger partial charge in [-0.2, -0.15) is 5.10 Å². The van der Waals surface area contributed by atoms with Crippen molar-refractivity contribution < 1.29 is 4.79 Å². The molecule has 0 spiro atoms. The Balaban J connectivity index is 1.93. The highest BCUT2D eigenvalue weighted by atomic mass is 16.1. The van der Waals surface area contributed by atoms with Crippen molar-refractivity contribution in [2.75, 3.05) is 19.6 Å². The minimum Gasteiger partial charge on any atom is -0.356 e. The third-order valence-electron chi connectivity index (χ3n) is 2.18. The lowest BCUT2D eigenvalue weighted by atomic mass is 10.3. The molecular formula is C11H20N4O. The van der Waals surface area contributed by atoms with Gasteiger partial charge in [0, 0.05) is 38.4 Å². The molecule has 0 unspecified atom stereocenters. The molecule has 1 aromatic heterocycles. The van der Waals surface area contributed by atoms with Crippen LogP contribution in [-0.4, -0.2) is 35.3 Å². The minimum absolute atomic E-state index is 0.119. The van der Waals surface area contributed by atoms with Crippen molar-refractivity contribution in [3.8, 4) is 0 Å². The molecule has 0 aromatic carbocycles. The predicted octanol–water partition coefficient (Wildman–Crippen LogP) is 0.389. The highest BCUT2D eigenvalue weighted by molar-refractivity contribution is 5.75. The number of amides is 1. The molecule has 16 heavy (non-hydrogen) atoms. The van der Waals surface area contributed by atoms with E-state index in [4.69, 9.17) is 0 Å². The lowest BCUT2D eigenvalue weighted by Gasteiger charge is -2.05. The Labute approximate surface area is 96.2 Å². The summed E-state index contributed by atoms with van der Waals surface area (Å²) in [5, 5.41) is 10.1. The molecule has 5 nitrogen and oxygen atoms in total. The van der Waals surface area contributed by atoms with E-state index < -0.39 is 0 Å². The first kappa shape index (κ1) is 12.7. The van der Waals surface area contributed by atoms with E-state index in [-0.39, 0.29) is 5.91 Å². The molecule has 90 valence electrons. The average Bonchev–Trinajstić information content (AvgIpc) is 2.79. The van der Waals surface area contributed by atoms with E-state index >= 15 is 0 Å². The van der Waals surface area contributed by atoms with Crippen LogP contribution in [0, 0.1) is 0 Å². The molecule has 1 aromatic rings. The standard InChI is InChI=1S/C11H20N4O/c1-2-5-13-11(16)4-7-12-8-10-15-9-3-6-14-15/h3,6,9,12H,2,4-5,7-8,10H2,1H3,(H,13,16). The Hall–Kier alpha value is -1.36. The van der Waals surface area contributed by atoms with Gasteiger partial charge in [0.25, 0.3) is 0 Å². The van der Waals surface area contributed by atoms with Crippen LogP contribution in [0.3, 0.4) is 0 Å². The van der Waals surface area contributed by atoms with Crippen molar-refractivity contribution in [3.63, 3.8) is 0 Å². The zero-order valence-electron chi connectivity index (χ0n) is 9.78. The molecule has 0 fully saturated rings. The molecule has 0 atom stereocenters. The molecule has 2 N–H and O–H groups in total. The zero-order chi connectivity index (χ0) is 11.6. The molecule has 1 amide bonds. The van der Waals surface area contributed by atoms with E-state index in [9.17, 15) is 4.79 Å². The number of rotatable bonds is 8. The summed E-state index contributed by atoms with van der Waals surface area (Å²) in [7, 11) is 0. The van der Waals surface area contributed by atoms with Crippen LogP contribution in [0.5, 0.6) is 0 Å². The fourth-order valence-electron chi connectivity index (χ4n) is 1.31. The monoisotopic (exact) mass is 224 g/mol. The molecule has 0 aliphatic carbocycles. The SMILES string of the molecule is CCCNC(=O)CCNCCn1cccn1. The number of nitrogens with zero attached hydrogens (tertiary/aromatic N) is 2. The Morgan fingerprint density at radius 1 is 1.38 bits per heavy atom. The van der Waals surface area contributed by atoms with E-state index in [0.717, 1.165) is 32.6 Å². The molecule has 0 bridgehead atoms. The Kier molecular flexibility index (Phi) is 6.25. The molecule has 0 aliphatic rings. The molecule has 0 aliphatic heterocycles. The number of carbonyl (C=O) groups excluding carboxylic acids is 1. The summed E-state index contributed by atoms with van der Waals surface area (Å²) in [4.78, 5) is 11.2. The summed E-state index contributed by atoms with van der Waals surface area (Å²) in [6.07, 6.45) is 5.21. The van der Waals surface area contributed by atoms with E-state index in [1.807, 2.05) is 23.9 Å². The lowest BCUT2D eigenvalue weighted by Crippen LogP contribution is -2.29. The van der Waals surface area contributed by atoms with Crippen LogP contribution in [-0.2, 0) is 11.3 Å². The van der Waals surface area contributed by atoms with Crippen LogP contribution in [0.1, 0.15) is 19.8 Å². The predicted molar refractivity (Wildman–Crippen MR) is 63.0 cm³/mol. The maximum absolute atomic E-state index is 11.2. The van der Waals surface area contributed by atoms with Crippen LogP contribution in [0.25, 0.3) is 0 Å². The first-order valence-electron chi connectivity index (χ1n) is 5.77. The molecule has 1 heterocycles. The summed E-state index contributed by atoms with van der Waals surface area (Å²) < 4.78 is 1.87. The molecule has 5 heteroatoms. The second kappa shape index (κ2) is 7.87. The van der Waals surface area contributed by atoms with Gasteiger partial charge in [0.05, 0.1) is 6.54 Å². The Bertz CT molecular complexity index is 284. The molecule has 0 saturated carbocycles. The fourth-order valence-corrected chi connectivity index (χ4v) is 1.31. The first-order chi connectivity index (χ1) is 7.83. The second-order valence-electron chi connectivity index (χ2n) is 3.62. The Morgan fingerprint density at radius 2 is 2.25 bits per heavy atom. The van der Waals surface area contributed by atoms with Gasteiger partial charge in [-0.3, -0.25) is 9.48 Å². The normalized spacial score (nSPS) is 10.3. The topological polar surface area (TPSA) is 59.0 Å². The van der Waals surface area contributed by atoms with Gasteiger partial charge in [0.15, 0.2) is 0 Å². The maximum Gasteiger partial charge on any atom is 0.221 e. The Morgan fingerprint density at radius 3 is 2.94 bits per heavy atom. The molecule has 1 rings (SSSR count). The largest absolute Gasteiger partial charge is 0.356 e. The quantitative estimate of drug-likeness (QED) is 0.628. The molecular weight excluding hydrogens is 204 g/mol. The smallest absolute Gasteiger partial charge is 0.221 e. The third kappa shape index (κ3) is 5.50. The summed E-state index contributed by atoms with van der Waals surface area (Å²) in [6, 6.07) is 1.90. The van der Waals surface area contributed by atoms with Crippen molar-refractivity contribution in [1.29, 1.82) is 0 Å². The van der Waals surface area contributed by atoms with Crippen LogP contribution < -0.4 is 10.6 Å².